The van der Waals surface area contributed by atoms with Crippen molar-refractivity contribution in [2.45, 2.75) is 31.3 Å². The van der Waals surface area contributed by atoms with Crippen LogP contribution in [0.1, 0.15) is 19.3 Å². The molecule has 20 heavy (non-hydrogen) atoms. The molecular weight excluding hydrogens is 293 g/mol. The van der Waals surface area contributed by atoms with Gasteiger partial charge >= 0.3 is 0 Å². The van der Waals surface area contributed by atoms with Crippen LogP contribution >= 0.6 is 23.2 Å². The van der Waals surface area contributed by atoms with E-state index < -0.39 is 0 Å². The summed E-state index contributed by atoms with van der Waals surface area (Å²) in [6, 6.07) is 6.88. The van der Waals surface area contributed by atoms with Gasteiger partial charge in [-0.15, -0.1) is 0 Å². The zero-order chi connectivity index (χ0) is 13.7. The van der Waals surface area contributed by atoms with Crippen LogP contribution in [-0.2, 0) is 0 Å². The number of nitrogens with zero attached hydrogens (tertiary/aromatic N) is 2. The van der Waals surface area contributed by atoms with Gasteiger partial charge in [-0.25, -0.2) is 0 Å². The Morgan fingerprint density at radius 1 is 1.20 bits per heavy atom. The molecule has 3 nitrogen and oxygen atoms in total. The topological polar surface area (TPSA) is 27.6 Å². The molecule has 1 aromatic carbocycles. The summed E-state index contributed by atoms with van der Waals surface area (Å²) in [6.45, 7) is 0.663. The number of benzene rings is 1. The van der Waals surface area contributed by atoms with Crippen LogP contribution in [0.4, 0.5) is 5.69 Å². The summed E-state index contributed by atoms with van der Waals surface area (Å²) < 4.78 is 0. The van der Waals surface area contributed by atoms with Crippen molar-refractivity contribution in [3.05, 3.63) is 39.5 Å². The molecule has 3 aliphatic heterocycles. The highest BCUT2D eigenvalue weighted by atomic mass is 35.5. The van der Waals surface area contributed by atoms with E-state index in [-0.39, 0.29) is 0 Å². The van der Waals surface area contributed by atoms with E-state index in [0.29, 0.717) is 28.8 Å². The number of fused-ring (bicyclic) bond motifs is 3. The average Bonchev–Trinajstić information content (AvgIpc) is 2.84. The first-order chi connectivity index (χ1) is 9.72. The molecule has 5 heteroatoms. The van der Waals surface area contributed by atoms with E-state index >= 15 is 0 Å². The minimum atomic E-state index is 0.470. The summed E-state index contributed by atoms with van der Waals surface area (Å²) in [4.78, 5) is 6.78. The maximum Gasteiger partial charge on any atom is 0.114 e. The monoisotopic (exact) mass is 307 g/mol. The van der Waals surface area contributed by atoms with Gasteiger partial charge in [0.15, 0.2) is 0 Å². The number of rotatable bonds is 1. The molecule has 3 heterocycles. The summed E-state index contributed by atoms with van der Waals surface area (Å²) in [6.07, 6.45) is 5.58. The van der Waals surface area contributed by atoms with E-state index in [1.54, 1.807) is 0 Å². The minimum Gasteiger partial charge on any atom is -0.325 e. The van der Waals surface area contributed by atoms with Crippen LogP contribution in [0.5, 0.6) is 0 Å². The van der Waals surface area contributed by atoms with E-state index in [0.717, 1.165) is 12.1 Å². The van der Waals surface area contributed by atoms with Crippen molar-refractivity contribution in [2.24, 2.45) is 4.99 Å². The normalized spacial score (nSPS) is 28.0. The number of nitrogens with one attached hydrogen (secondary N) is 1. The molecule has 0 radical (unpaired) electrons. The Labute approximate surface area is 128 Å². The maximum atomic E-state index is 6.15. The van der Waals surface area contributed by atoms with Gasteiger partial charge in [-0.05, 0) is 31.0 Å². The molecule has 0 aromatic heterocycles. The quantitative estimate of drug-likeness (QED) is 0.858. The number of hydrogen-bond donors (Lipinski definition) is 1. The molecule has 3 aliphatic rings. The molecule has 1 saturated heterocycles. The van der Waals surface area contributed by atoms with Crippen molar-refractivity contribution in [3.8, 4) is 0 Å². The van der Waals surface area contributed by atoms with Crippen molar-refractivity contribution in [1.82, 2.24) is 5.32 Å². The highest BCUT2D eigenvalue weighted by Gasteiger charge is 2.36. The summed E-state index contributed by atoms with van der Waals surface area (Å²) in [5, 5.41) is 4.85. The number of halogens is 2. The molecule has 4 rings (SSSR count). The summed E-state index contributed by atoms with van der Waals surface area (Å²) in [7, 11) is 0. The highest BCUT2D eigenvalue weighted by Crippen LogP contribution is 2.37. The predicted octanol–water partition coefficient (Wildman–Crippen LogP) is 3.62. The molecule has 2 bridgehead atoms. The molecule has 0 aliphatic carbocycles. The van der Waals surface area contributed by atoms with Crippen molar-refractivity contribution in [1.29, 1.82) is 0 Å². The first-order valence-electron chi connectivity index (χ1n) is 6.94. The van der Waals surface area contributed by atoms with Gasteiger partial charge in [0.1, 0.15) is 6.67 Å². The molecule has 0 amide bonds. The second-order valence-corrected chi connectivity index (χ2v) is 6.39. The molecular formula is C15H15Cl2N3. The van der Waals surface area contributed by atoms with Crippen molar-refractivity contribution >= 4 is 35.1 Å². The second kappa shape index (κ2) is 4.76. The van der Waals surface area contributed by atoms with Crippen molar-refractivity contribution in [3.63, 3.8) is 0 Å². The predicted molar refractivity (Wildman–Crippen MR) is 83.9 cm³/mol. The zero-order valence-electron chi connectivity index (χ0n) is 10.9. The Bertz CT molecular complexity index is 624. The van der Waals surface area contributed by atoms with Gasteiger partial charge in [-0.1, -0.05) is 23.2 Å². The van der Waals surface area contributed by atoms with Gasteiger partial charge in [0, 0.05) is 41.7 Å². The lowest BCUT2D eigenvalue weighted by Crippen LogP contribution is -2.43. The lowest BCUT2D eigenvalue weighted by molar-refractivity contribution is 0.528. The summed E-state index contributed by atoms with van der Waals surface area (Å²) >= 11 is 12.2. The van der Waals surface area contributed by atoms with Crippen molar-refractivity contribution < 1.29 is 0 Å². The SMILES string of the molecule is Clc1ccc(N2CN=CC3=C2C[C@H]2CC[C@@H]3N2)cc1Cl. The van der Waals surface area contributed by atoms with Gasteiger partial charge in [-0.3, -0.25) is 4.99 Å². The van der Waals surface area contributed by atoms with Crippen LogP contribution < -0.4 is 10.2 Å². The molecule has 1 fully saturated rings. The fraction of sp³-hybridized carbons (Fsp3) is 0.400. The fourth-order valence-corrected chi connectivity index (χ4v) is 3.70. The summed E-state index contributed by atoms with van der Waals surface area (Å²) in [5.74, 6) is 0. The highest BCUT2D eigenvalue weighted by molar-refractivity contribution is 6.42. The smallest absolute Gasteiger partial charge is 0.114 e. The van der Waals surface area contributed by atoms with Gasteiger partial charge < -0.3 is 10.2 Å². The molecule has 1 N–H and O–H groups in total. The molecule has 0 spiro atoms. The fourth-order valence-electron chi connectivity index (χ4n) is 3.40. The third-order valence-electron chi connectivity index (χ3n) is 4.38. The van der Waals surface area contributed by atoms with Crippen LogP contribution in [0.2, 0.25) is 10.0 Å². The van der Waals surface area contributed by atoms with E-state index in [1.165, 1.54) is 24.1 Å². The van der Waals surface area contributed by atoms with Gasteiger partial charge in [-0.2, -0.15) is 0 Å². The van der Waals surface area contributed by atoms with Crippen LogP contribution in [0.25, 0.3) is 0 Å². The van der Waals surface area contributed by atoms with E-state index in [1.807, 2.05) is 24.4 Å². The van der Waals surface area contributed by atoms with E-state index in [4.69, 9.17) is 23.2 Å². The third kappa shape index (κ3) is 1.96. The number of hydrogen-bond acceptors (Lipinski definition) is 3. The lowest BCUT2D eigenvalue weighted by atomic mass is 9.99. The molecule has 0 saturated carbocycles. The minimum absolute atomic E-state index is 0.470. The van der Waals surface area contributed by atoms with Crippen LogP contribution in [-0.4, -0.2) is 25.0 Å². The second-order valence-electron chi connectivity index (χ2n) is 5.58. The van der Waals surface area contributed by atoms with Crippen LogP contribution in [0.3, 0.4) is 0 Å². The molecule has 2 atom stereocenters. The van der Waals surface area contributed by atoms with Crippen LogP contribution in [0, 0.1) is 0 Å². The van der Waals surface area contributed by atoms with Gasteiger partial charge in [0.2, 0.25) is 0 Å². The van der Waals surface area contributed by atoms with E-state index in [2.05, 4.69) is 15.2 Å². The number of anilines is 1. The summed E-state index contributed by atoms with van der Waals surface area (Å²) in [5.41, 5.74) is 3.81. The zero-order valence-corrected chi connectivity index (χ0v) is 12.5. The van der Waals surface area contributed by atoms with Crippen LogP contribution in [0.15, 0.2) is 34.5 Å². The Hall–Kier alpha value is -1.03. The lowest BCUT2D eigenvalue weighted by Gasteiger charge is -2.36. The first-order valence-corrected chi connectivity index (χ1v) is 7.69. The Balaban J connectivity index is 1.75. The van der Waals surface area contributed by atoms with Gasteiger partial charge in [0.25, 0.3) is 0 Å². The average molecular weight is 308 g/mol. The van der Waals surface area contributed by atoms with E-state index in [9.17, 15) is 0 Å². The molecule has 0 unspecified atom stereocenters. The molecule has 104 valence electrons. The standard InChI is InChI=1S/C15H15Cl2N3/c16-12-3-2-10(6-13(12)17)20-8-18-7-11-14-4-1-9(19-14)5-15(11)20/h2-3,6-7,9,14,19H,1,4-5,8H2/t9-,14+/m1/s1. The van der Waals surface area contributed by atoms with Crippen molar-refractivity contribution in [2.75, 3.05) is 11.6 Å². The first kappa shape index (κ1) is 12.7. The largest absolute Gasteiger partial charge is 0.325 e. The Kier molecular flexibility index (Phi) is 3.02. The maximum absolute atomic E-state index is 6.15. The molecule has 1 aromatic rings. The Morgan fingerprint density at radius 3 is 2.95 bits per heavy atom. The van der Waals surface area contributed by atoms with Gasteiger partial charge in [0.05, 0.1) is 10.0 Å². The number of aliphatic imine (C=N–C) groups is 1. The third-order valence-corrected chi connectivity index (χ3v) is 5.12. The Morgan fingerprint density at radius 2 is 2.10 bits per heavy atom.